The molecular formula is C12H14ClN3. The molecule has 2 heterocycles. The maximum atomic E-state index is 5.97. The van der Waals surface area contributed by atoms with Crippen molar-refractivity contribution >= 4 is 22.6 Å². The number of nitrogens with zero attached hydrogens (tertiary/aromatic N) is 3. The molecule has 1 atom stereocenters. The van der Waals surface area contributed by atoms with E-state index in [1.807, 2.05) is 18.5 Å². The Kier molecular flexibility index (Phi) is 2.36. The third kappa shape index (κ3) is 1.50. The third-order valence-corrected chi connectivity index (χ3v) is 3.63. The molecule has 3 rings (SSSR count). The molecule has 1 aliphatic rings. The Morgan fingerprint density at radius 2 is 2.38 bits per heavy atom. The molecule has 1 saturated carbocycles. The molecule has 16 heavy (non-hydrogen) atoms. The zero-order valence-corrected chi connectivity index (χ0v) is 9.98. The van der Waals surface area contributed by atoms with Gasteiger partial charge >= 0.3 is 0 Å². The van der Waals surface area contributed by atoms with Crippen LogP contribution in [-0.4, -0.2) is 14.5 Å². The van der Waals surface area contributed by atoms with Crippen molar-refractivity contribution in [2.45, 2.75) is 31.7 Å². The predicted octanol–water partition coefficient (Wildman–Crippen LogP) is 3.14. The molecule has 0 saturated heterocycles. The monoisotopic (exact) mass is 235 g/mol. The number of fused-ring (bicyclic) bond motifs is 1. The standard InChI is InChI=1S/C12H14ClN3/c1-8(9-2-3-9)16-11-4-5-14-7-10(11)15-12(16)6-13/h4-5,7-9H,2-3,6H2,1H3. The summed E-state index contributed by atoms with van der Waals surface area (Å²) in [6, 6.07) is 2.53. The van der Waals surface area contributed by atoms with Gasteiger partial charge in [0.15, 0.2) is 0 Å². The van der Waals surface area contributed by atoms with Crippen LogP contribution in [0.25, 0.3) is 11.0 Å². The van der Waals surface area contributed by atoms with Gasteiger partial charge < -0.3 is 4.57 Å². The van der Waals surface area contributed by atoms with E-state index in [0.29, 0.717) is 11.9 Å². The Balaban J connectivity index is 2.18. The molecule has 0 aliphatic heterocycles. The van der Waals surface area contributed by atoms with Crippen molar-refractivity contribution in [3.05, 3.63) is 24.3 Å². The summed E-state index contributed by atoms with van der Waals surface area (Å²) < 4.78 is 2.28. The lowest BCUT2D eigenvalue weighted by Crippen LogP contribution is -2.10. The average molecular weight is 236 g/mol. The molecule has 2 aromatic rings. The molecule has 0 bridgehead atoms. The van der Waals surface area contributed by atoms with Gasteiger partial charge in [-0.25, -0.2) is 4.98 Å². The first-order valence-electron chi connectivity index (χ1n) is 5.68. The molecule has 4 heteroatoms. The normalized spacial score (nSPS) is 17.9. The zero-order chi connectivity index (χ0) is 11.1. The summed E-state index contributed by atoms with van der Waals surface area (Å²) in [5, 5.41) is 0. The van der Waals surface area contributed by atoms with E-state index in [4.69, 9.17) is 11.6 Å². The molecule has 2 aromatic heterocycles. The van der Waals surface area contributed by atoms with Crippen molar-refractivity contribution in [2.24, 2.45) is 5.92 Å². The number of alkyl halides is 1. The number of halogens is 1. The minimum Gasteiger partial charge on any atom is -0.324 e. The molecule has 0 N–H and O–H groups in total. The summed E-state index contributed by atoms with van der Waals surface area (Å²) in [5.74, 6) is 2.22. The summed E-state index contributed by atoms with van der Waals surface area (Å²) >= 11 is 5.97. The molecule has 1 aliphatic carbocycles. The Morgan fingerprint density at radius 3 is 3.06 bits per heavy atom. The smallest absolute Gasteiger partial charge is 0.125 e. The van der Waals surface area contributed by atoms with Crippen LogP contribution in [0.1, 0.15) is 31.6 Å². The van der Waals surface area contributed by atoms with E-state index in [1.165, 1.54) is 12.8 Å². The molecule has 0 radical (unpaired) electrons. The fourth-order valence-corrected chi connectivity index (χ4v) is 2.53. The molecule has 3 nitrogen and oxygen atoms in total. The van der Waals surface area contributed by atoms with Crippen molar-refractivity contribution in [1.82, 2.24) is 14.5 Å². The SMILES string of the molecule is CC(C1CC1)n1c(CCl)nc2cnccc21. The maximum Gasteiger partial charge on any atom is 0.125 e. The first-order valence-corrected chi connectivity index (χ1v) is 6.21. The van der Waals surface area contributed by atoms with Crippen molar-refractivity contribution in [2.75, 3.05) is 0 Å². The summed E-state index contributed by atoms with van der Waals surface area (Å²) in [7, 11) is 0. The highest BCUT2D eigenvalue weighted by molar-refractivity contribution is 6.16. The van der Waals surface area contributed by atoms with Gasteiger partial charge in [0.05, 0.1) is 17.6 Å². The summed E-state index contributed by atoms with van der Waals surface area (Å²) in [6.45, 7) is 2.26. The lowest BCUT2D eigenvalue weighted by Gasteiger charge is -2.15. The number of hydrogen-bond acceptors (Lipinski definition) is 2. The molecule has 1 fully saturated rings. The van der Waals surface area contributed by atoms with Gasteiger partial charge in [0, 0.05) is 12.2 Å². The first-order chi connectivity index (χ1) is 7.81. The van der Waals surface area contributed by atoms with Crippen LogP contribution in [0.3, 0.4) is 0 Å². The number of rotatable bonds is 3. The van der Waals surface area contributed by atoms with Crippen LogP contribution >= 0.6 is 11.6 Å². The van der Waals surface area contributed by atoms with Crippen LogP contribution in [0.2, 0.25) is 0 Å². The van der Waals surface area contributed by atoms with Gasteiger partial charge in [-0.2, -0.15) is 0 Å². The molecule has 0 amide bonds. The second kappa shape index (κ2) is 3.74. The Hall–Kier alpha value is -1.09. The van der Waals surface area contributed by atoms with Crippen LogP contribution < -0.4 is 0 Å². The Labute approximate surface area is 99.5 Å². The second-order valence-corrected chi connectivity index (χ2v) is 4.74. The lowest BCUT2D eigenvalue weighted by molar-refractivity contribution is 0.486. The van der Waals surface area contributed by atoms with Gasteiger partial charge in [0.25, 0.3) is 0 Å². The van der Waals surface area contributed by atoms with E-state index in [1.54, 1.807) is 0 Å². The molecule has 84 valence electrons. The minimum absolute atomic E-state index is 0.464. The molecular weight excluding hydrogens is 222 g/mol. The highest BCUT2D eigenvalue weighted by Crippen LogP contribution is 2.41. The van der Waals surface area contributed by atoms with E-state index in [0.717, 1.165) is 22.8 Å². The Bertz CT molecular complexity index is 516. The highest BCUT2D eigenvalue weighted by atomic mass is 35.5. The fourth-order valence-electron chi connectivity index (χ4n) is 2.34. The second-order valence-electron chi connectivity index (χ2n) is 4.47. The topological polar surface area (TPSA) is 30.7 Å². The van der Waals surface area contributed by atoms with Crippen LogP contribution in [0.5, 0.6) is 0 Å². The van der Waals surface area contributed by atoms with Crippen molar-refractivity contribution in [3.63, 3.8) is 0 Å². The number of aromatic nitrogens is 3. The highest BCUT2D eigenvalue weighted by Gasteiger charge is 2.31. The third-order valence-electron chi connectivity index (χ3n) is 3.40. The molecule has 0 spiro atoms. The van der Waals surface area contributed by atoms with Gasteiger partial charge in [-0.1, -0.05) is 0 Å². The number of pyridine rings is 1. The van der Waals surface area contributed by atoms with E-state index in [-0.39, 0.29) is 0 Å². The van der Waals surface area contributed by atoms with Crippen molar-refractivity contribution in [3.8, 4) is 0 Å². The van der Waals surface area contributed by atoms with Gasteiger partial charge in [-0.3, -0.25) is 4.98 Å². The zero-order valence-electron chi connectivity index (χ0n) is 9.23. The van der Waals surface area contributed by atoms with Crippen molar-refractivity contribution in [1.29, 1.82) is 0 Å². The van der Waals surface area contributed by atoms with E-state index >= 15 is 0 Å². The molecule has 1 unspecified atom stereocenters. The minimum atomic E-state index is 0.464. The predicted molar refractivity (Wildman–Crippen MR) is 64.5 cm³/mol. The van der Waals surface area contributed by atoms with Crippen LogP contribution in [0, 0.1) is 5.92 Å². The average Bonchev–Trinajstić information content (AvgIpc) is 3.08. The quantitative estimate of drug-likeness (QED) is 0.766. The van der Waals surface area contributed by atoms with Crippen LogP contribution in [0.15, 0.2) is 18.5 Å². The number of imidazole rings is 1. The fraction of sp³-hybridized carbons (Fsp3) is 0.500. The van der Waals surface area contributed by atoms with Gasteiger partial charge in [-0.05, 0) is 31.7 Å². The summed E-state index contributed by atoms with van der Waals surface area (Å²) in [5.41, 5.74) is 2.11. The molecule has 0 aromatic carbocycles. The van der Waals surface area contributed by atoms with Gasteiger partial charge in [0.2, 0.25) is 0 Å². The summed E-state index contributed by atoms with van der Waals surface area (Å²) in [4.78, 5) is 8.63. The largest absolute Gasteiger partial charge is 0.324 e. The maximum absolute atomic E-state index is 5.97. The first kappa shape index (κ1) is 10.1. The van der Waals surface area contributed by atoms with E-state index in [9.17, 15) is 0 Å². The van der Waals surface area contributed by atoms with E-state index in [2.05, 4.69) is 21.5 Å². The van der Waals surface area contributed by atoms with Crippen molar-refractivity contribution < 1.29 is 0 Å². The van der Waals surface area contributed by atoms with Gasteiger partial charge in [-0.15, -0.1) is 11.6 Å². The summed E-state index contributed by atoms with van der Waals surface area (Å²) in [6.07, 6.45) is 6.28. The van der Waals surface area contributed by atoms with E-state index < -0.39 is 0 Å². The Morgan fingerprint density at radius 1 is 1.56 bits per heavy atom. The lowest BCUT2D eigenvalue weighted by atomic mass is 10.2. The van der Waals surface area contributed by atoms with Crippen LogP contribution in [0.4, 0.5) is 0 Å². The number of hydrogen-bond donors (Lipinski definition) is 0. The van der Waals surface area contributed by atoms with Gasteiger partial charge in [0.1, 0.15) is 11.3 Å². The van der Waals surface area contributed by atoms with Crippen LogP contribution in [-0.2, 0) is 5.88 Å².